The summed E-state index contributed by atoms with van der Waals surface area (Å²) in [6, 6.07) is 7.20. The van der Waals surface area contributed by atoms with Crippen molar-refractivity contribution in [1.82, 2.24) is 5.43 Å². The van der Waals surface area contributed by atoms with E-state index in [9.17, 15) is 9.90 Å². The van der Waals surface area contributed by atoms with Gasteiger partial charge >= 0.3 is 0 Å². The number of aromatic hydroxyl groups is 1. The van der Waals surface area contributed by atoms with Gasteiger partial charge in [0.15, 0.2) is 18.1 Å². The molecule has 0 bridgehead atoms. The van der Waals surface area contributed by atoms with Crippen LogP contribution in [0.5, 0.6) is 17.2 Å². The minimum atomic E-state index is -0.372. The Morgan fingerprint density at radius 1 is 1.31 bits per heavy atom. The summed E-state index contributed by atoms with van der Waals surface area (Å²) in [5.41, 5.74) is 4.99. The minimum absolute atomic E-state index is 0.0722. The topological polar surface area (TPSA) is 80.2 Å². The molecule has 2 N–H and O–H groups in total. The van der Waals surface area contributed by atoms with E-state index in [-0.39, 0.29) is 18.3 Å². The standard InChI is InChI=1S/C18H18BrIN2O4/c1-10-4-13(19)5-11(2)18(10)26-9-16(23)22-21-8-12-6-14(20)17(24)15(7-12)25-3/h4-8,24H,9H2,1-3H3,(H,22,23)/b21-8-. The van der Waals surface area contributed by atoms with E-state index >= 15 is 0 Å². The summed E-state index contributed by atoms with van der Waals surface area (Å²) in [5.74, 6) is 0.727. The number of carbonyl (C=O) groups excluding carboxylic acids is 1. The second-order valence-corrected chi connectivity index (χ2v) is 7.58. The zero-order valence-electron chi connectivity index (χ0n) is 14.5. The molecule has 0 radical (unpaired) electrons. The molecule has 0 aliphatic rings. The average Bonchev–Trinajstić information content (AvgIpc) is 2.56. The van der Waals surface area contributed by atoms with Gasteiger partial charge in [-0.25, -0.2) is 5.43 Å². The Balaban J connectivity index is 1.95. The SMILES string of the molecule is COc1cc(/C=N\NC(=O)COc2c(C)cc(Br)cc2C)cc(I)c1O. The van der Waals surface area contributed by atoms with Crippen molar-refractivity contribution in [2.75, 3.05) is 13.7 Å². The van der Waals surface area contributed by atoms with E-state index in [1.165, 1.54) is 13.3 Å². The predicted molar refractivity (Wildman–Crippen MR) is 112 cm³/mol. The van der Waals surface area contributed by atoms with E-state index < -0.39 is 0 Å². The van der Waals surface area contributed by atoms with Crippen molar-refractivity contribution in [2.24, 2.45) is 5.10 Å². The Labute approximate surface area is 173 Å². The maximum absolute atomic E-state index is 11.9. The van der Waals surface area contributed by atoms with Crippen molar-refractivity contribution in [1.29, 1.82) is 0 Å². The molecule has 0 heterocycles. The zero-order valence-corrected chi connectivity index (χ0v) is 18.2. The van der Waals surface area contributed by atoms with Crippen molar-refractivity contribution < 1.29 is 19.4 Å². The van der Waals surface area contributed by atoms with Gasteiger partial charge in [0.05, 0.1) is 16.9 Å². The molecule has 26 heavy (non-hydrogen) atoms. The number of nitrogens with one attached hydrogen (secondary N) is 1. The molecule has 0 saturated heterocycles. The fourth-order valence-corrected chi connectivity index (χ4v) is 3.61. The molecule has 0 fully saturated rings. The van der Waals surface area contributed by atoms with E-state index in [0.717, 1.165) is 15.6 Å². The van der Waals surface area contributed by atoms with E-state index in [0.29, 0.717) is 20.6 Å². The fraction of sp³-hybridized carbons (Fsp3) is 0.222. The molecule has 0 spiro atoms. The first kappa shape index (κ1) is 20.5. The van der Waals surface area contributed by atoms with E-state index in [2.05, 4.69) is 26.5 Å². The van der Waals surface area contributed by atoms with Crippen LogP contribution in [0.4, 0.5) is 0 Å². The van der Waals surface area contributed by atoms with Crippen LogP contribution >= 0.6 is 38.5 Å². The molecule has 0 saturated carbocycles. The largest absolute Gasteiger partial charge is 0.504 e. The molecule has 0 aliphatic carbocycles. The van der Waals surface area contributed by atoms with Gasteiger partial charge < -0.3 is 14.6 Å². The average molecular weight is 533 g/mol. The van der Waals surface area contributed by atoms with Crippen LogP contribution in [0.3, 0.4) is 0 Å². The minimum Gasteiger partial charge on any atom is -0.504 e. The van der Waals surface area contributed by atoms with Crippen molar-refractivity contribution in [2.45, 2.75) is 13.8 Å². The van der Waals surface area contributed by atoms with Crippen LogP contribution in [-0.4, -0.2) is 30.9 Å². The van der Waals surface area contributed by atoms with E-state index in [1.807, 2.05) is 48.6 Å². The molecule has 8 heteroatoms. The van der Waals surface area contributed by atoms with Crippen LogP contribution in [0.15, 0.2) is 33.8 Å². The number of carbonyl (C=O) groups is 1. The van der Waals surface area contributed by atoms with Crippen LogP contribution in [0, 0.1) is 17.4 Å². The van der Waals surface area contributed by atoms with Gasteiger partial charge in [0.2, 0.25) is 0 Å². The molecule has 6 nitrogen and oxygen atoms in total. The van der Waals surface area contributed by atoms with Crippen molar-refractivity contribution in [3.8, 4) is 17.2 Å². The summed E-state index contributed by atoms with van der Waals surface area (Å²) in [6.45, 7) is 3.70. The lowest BCUT2D eigenvalue weighted by atomic mass is 10.1. The number of benzene rings is 2. The first-order chi connectivity index (χ1) is 12.3. The van der Waals surface area contributed by atoms with E-state index in [1.54, 1.807) is 12.1 Å². The Kier molecular flexibility index (Phi) is 7.27. The van der Waals surface area contributed by atoms with Gasteiger partial charge in [-0.1, -0.05) is 15.9 Å². The number of hydrogen-bond donors (Lipinski definition) is 2. The smallest absolute Gasteiger partial charge is 0.277 e. The Bertz CT molecular complexity index is 832. The summed E-state index contributed by atoms with van der Waals surface area (Å²) in [5, 5.41) is 13.7. The quantitative estimate of drug-likeness (QED) is 0.336. The number of phenols is 1. The van der Waals surface area contributed by atoms with Crippen molar-refractivity contribution in [3.05, 3.63) is 49.0 Å². The van der Waals surface area contributed by atoms with Crippen LogP contribution in [0.25, 0.3) is 0 Å². The lowest BCUT2D eigenvalue weighted by Gasteiger charge is -2.11. The summed E-state index contributed by atoms with van der Waals surface area (Å²) >= 11 is 5.41. The van der Waals surface area contributed by atoms with Crippen LogP contribution < -0.4 is 14.9 Å². The highest BCUT2D eigenvalue weighted by molar-refractivity contribution is 14.1. The Morgan fingerprint density at radius 2 is 1.96 bits per heavy atom. The maximum Gasteiger partial charge on any atom is 0.277 e. The number of hydrazone groups is 1. The highest BCUT2D eigenvalue weighted by atomic mass is 127. The number of ether oxygens (including phenoxy) is 2. The highest BCUT2D eigenvalue weighted by Gasteiger charge is 2.09. The third-order valence-corrected chi connectivity index (χ3v) is 4.73. The van der Waals surface area contributed by atoms with Gasteiger partial charge in [0.25, 0.3) is 5.91 Å². The van der Waals surface area contributed by atoms with E-state index in [4.69, 9.17) is 9.47 Å². The van der Waals surface area contributed by atoms with Gasteiger partial charge in [-0.2, -0.15) is 5.10 Å². The van der Waals surface area contributed by atoms with Crippen molar-refractivity contribution in [3.63, 3.8) is 0 Å². The van der Waals surface area contributed by atoms with Gasteiger partial charge in [0.1, 0.15) is 5.75 Å². The Hall–Kier alpha value is -1.81. The lowest BCUT2D eigenvalue weighted by molar-refractivity contribution is -0.123. The first-order valence-corrected chi connectivity index (χ1v) is 9.47. The first-order valence-electron chi connectivity index (χ1n) is 7.59. The summed E-state index contributed by atoms with van der Waals surface area (Å²) in [7, 11) is 1.47. The normalized spacial score (nSPS) is 10.8. The second kappa shape index (κ2) is 9.22. The Morgan fingerprint density at radius 3 is 2.58 bits per heavy atom. The summed E-state index contributed by atoms with van der Waals surface area (Å²) in [4.78, 5) is 11.9. The molecular weight excluding hydrogens is 515 g/mol. The second-order valence-electron chi connectivity index (χ2n) is 5.50. The molecule has 0 aliphatic heterocycles. The fourth-order valence-electron chi connectivity index (χ4n) is 2.30. The molecule has 0 atom stereocenters. The number of amides is 1. The van der Waals surface area contributed by atoms with Gasteiger partial charge in [0, 0.05) is 4.47 Å². The molecule has 138 valence electrons. The van der Waals surface area contributed by atoms with Gasteiger partial charge in [-0.15, -0.1) is 0 Å². The van der Waals surface area contributed by atoms with Gasteiger partial charge in [-0.05, 0) is 77.4 Å². The monoisotopic (exact) mass is 532 g/mol. The lowest BCUT2D eigenvalue weighted by Crippen LogP contribution is -2.25. The molecule has 2 rings (SSSR count). The molecule has 1 amide bonds. The van der Waals surface area contributed by atoms with Gasteiger partial charge in [-0.3, -0.25) is 4.79 Å². The van der Waals surface area contributed by atoms with Crippen LogP contribution in [0.1, 0.15) is 16.7 Å². The maximum atomic E-state index is 11.9. The number of aryl methyl sites for hydroxylation is 2. The number of halogens is 2. The third-order valence-electron chi connectivity index (χ3n) is 3.45. The predicted octanol–water partition coefficient (Wildman–Crippen LogP) is 3.91. The third kappa shape index (κ3) is 5.34. The molecule has 2 aromatic rings. The van der Waals surface area contributed by atoms with Crippen LogP contribution in [0.2, 0.25) is 0 Å². The highest BCUT2D eigenvalue weighted by Crippen LogP contribution is 2.31. The number of methoxy groups -OCH3 is 1. The summed E-state index contributed by atoms with van der Waals surface area (Å²) < 4.78 is 12.3. The number of phenolic OH excluding ortho intramolecular Hbond substituents is 1. The number of rotatable bonds is 6. The zero-order chi connectivity index (χ0) is 19.3. The molecule has 0 unspecified atom stereocenters. The molecule has 2 aromatic carbocycles. The number of hydrogen-bond acceptors (Lipinski definition) is 5. The van der Waals surface area contributed by atoms with Crippen LogP contribution in [-0.2, 0) is 4.79 Å². The summed E-state index contributed by atoms with van der Waals surface area (Å²) in [6.07, 6.45) is 1.47. The number of nitrogens with zero attached hydrogens (tertiary/aromatic N) is 1. The molecule has 0 aromatic heterocycles. The van der Waals surface area contributed by atoms with Crippen molar-refractivity contribution >= 4 is 50.6 Å². The molecular formula is C18H18BrIN2O4.